The van der Waals surface area contributed by atoms with E-state index in [1.54, 1.807) is 0 Å². The molecule has 0 spiro atoms. The minimum absolute atomic E-state index is 0.625. The predicted octanol–water partition coefficient (Wildman–Crippen LogP) is 0.281. The third-order valence-electron chi connectivity index (χ3n) is 1.05. The number of ether oxygens (including phenoxy) is 1. The van der Waals surface area contributed by atoms with Gasteiger partial charge in [0, 0.05) is 0 Å². The Morgan fingerprint density at radius 1 is 1.86 bits per heavy atom. The number of hydrogen-bond acceptors (Lipinski definition) is 2. The van der Waals surface area contributed by atoms with Crippen LogP contribution in [0, 0.1) is 0 Å². The molecule has 1 heterocycles. The van der Waals surface area contributed by atoms with Crippen LogP contribution in [0.1, 0.15) is 6.42 Å². The molecule has 2 heteroatoms. The summed E-state index contributed by atoms with van der Waals surface area (Å²) in [4.78, 5) is 0. The van der Waals surface area contributed by atoms with Crippen LogP contribution in [0.15, 0.2) is 12.2 Å². The summed E-state index contributed by atoms with van der Waals surface area (Å²) in [5.74, 6) is 0. The Morgan fingerprint density at radius 2 is 2.57 bits per heavy atom. The molecule has 7 heavy (non-hydrogen) atoms. The topological polar surface area (TPSA) is 29.5 Å². The van der Waals surface area contributed by atoms with Crippen LogP contribution in [0.2, 0.25) is 0 Å². The van der Waals surface area contributed by atoms with Crippen molar-refractivity contribution in [3.05, 3.63) is 12.2 Å². The highest BCUT2D eigenvalue weighted by Crippen LogP contribution is 2.13. The first-order valence-corrected chi connectivity index (χ1v) is 2.28. The number of aliphatic hydroxyl groups excluding tert-OH is 1. The van der Waals surface area contributed by atoms with E-state index in [1.165, 1.54) is 0 Å². The summed E-state index contributed by atoms with van der Waals surface area (Å²) in [5, 5.41) is 8.68. The molecule has 1 aliphatic rings. The summed E-state index contributed by atoms with van der Waals surface area (Å²) < 4.78 is 4.72. The van der Waals surface area contributed by atoms with Crippen LogP contribution in [-0.4, -0.2) is 18.0 Å². The van der Waals surface area contributed by atoms with Gasteiger partial charge in [-0.2, -0.15) is 0 Å². The van der Waals surface area contributed by atoms with Crippen molar-refractivity contribution in [1.29, 1.82) is 0 Å². The zero-order chi connectivity index (χ0) is 5.28. The van der Waals surface area contributed by atoms with Gasteiger partial charge in [0.1, 0.15) is 0 Å². The van der Waals surface area contributed by atoms with Gasteiger partial charge in [-0.25, -0.2) is 0 Å². The predicted molar refractivity (Wildman–Crippen MR) is 25.7 cm³/mol. The lowest BCUT2D eigenvalue weighted by molar-refractivity contribution is -0.0393. The van der Waals surface area contributed by atoms with Crippen LogP contribution in [0.4, 0.5) is 0 Å². The average Bonchev–Trinajstić information content (AvgIpc) is 1.91. The Balaban J connectivity index is 2.48. The standard InChI is InChI=1S/C5H8O2/c1-4-2-3-7-5(4)6/h5-6H,1-3H2. The summed E-state index contributed by atoms with van der Waals surface area (Å²) in [6, 6.07) is 0. The van der Waals surface area contributed by atoms with E-state index in [1.807, 2.05) is 0 Å². The Labute approximate surface area is 42.4 Å². The summed E-state index contributed by atoms with van der Waals surface area (Å²) in [6.07, 6.45) is 0.126. The van der Waals surface area contributed by atoms with Gasteiger partial charge in [0.15, 0.2) is 6.29 Å². The second-order valence-electron chi connectivity index (χ2n) is 1.63. The summed E-state index contributed by atoms with van der Waals surface area (Å²) in [5.41, 5.74) is 0.792. The Hall–Kier alpha value is -0.340. The van der Waals surface area contributed by atoms with Crippen LogP contribution in [0.5, 0.6) is 0 Å². The number of rotatable bonds is 0. The fourth-order valence-corrected chi connectivity index (χ4v) is 0.543. The van der Waals surface area contributed by atoms with E-state index in [0.29, 0.717) is 6.61 Å². The van der Waals surface area contributed by atoms with Crippen molar-refractivity contribution in [2.75, 3.05) is 6.61 Å². The molecule has 0 aromatic carbocycles. The lowest BCUT2D eigenvalue weighted by Gasteiger charge is -1.97. The van der Waals surface area contributed by atoms with Crippen LogP contribution >= 0.6 is 0 Å². The maximum atomic E-state index is 8.68. The first-order valence-electron chi connectivity index (χ1n) is 2.28. The number of hydrogen-bond donors (Lipinski definition) is 1. The molecule has 1 aliphatic heterocycles. The van der Waals surface area contributed by atoms with Gasteiger partial charge in [-0.1, -0.05) is 6.58 Å². The molecule has 1 saturated heterocycles. The van der Waals surface area contributed by atoms with Crippen molar-refractivity contribution in [3.8, 4) is 0 Å². The largest absolute Gasteiger partial charge is 0.364 e. The molecule has 0 aromatic heterocycles. The van der Waals surface area contributed by atoms with Crippen molar-refractivity contribution in [2.24, 2.45) is 0 Å². The van der Waals surface area contributed by atoms with E-state index < -0.39 is 6.29 Å². The van der Waals surface area contributed by atoms with Gasteiger partial charge in [-0.3, -0.25) is 0 Å². The SMILES string of the molecule is C=C1CCOC1O. The average molecular weight is 100 g/mol. The summed E-state index contributed by atoms with van der Waals surface area (Å²) >= 11 is 0. The van der Waals surface area contributed by atoms with Gasteiger partial charge in [0.05, 0.1) is 6.61 Å². The van der Waals surface area contributed by atoms with Gasteiger partial charge in [-0.15, -0.1) is 0 Å². The van der Waals surface area contributed by atoms with E-state index in [2.05, 4.69) is 6.58 Å². The fraction of sp³-hybridized carbons (Fsp3) is 0.600. The van der Waals surface area contributed by atoms with E-state index in [4.69, 9.17) is 9.84 Å². The molecular weight excluding hydrogens is 92.1 g/mol. The van der Waals surface area contributed by atoms with E-state index in [-0.39, 0.29) is 0 Å². The molecule has 0 amide bonds. The molecule has 0 radical (unpaired) electrons. The molecule has 0 saturated carbocycles. The van der Waals surface area contributed by atoms with Crippen LogP contribution in [0.3, 0.4) is 0 Å². The van der Waals surface area contributed by atoms with Crippen molar-refractivity contribution in [2.45, 2.75) is 12.7 Å². The highest BCUT2D eigenvalue weighted by atomic mass is 16.6. The Morgan fingerprint density at radius 3 is 2.71 bits per heavy atom. The minimum Gasteiger partial charge on any atom is -0.364 e. The Kier molecular flexibility index (Phi) is 1.13. The second kappa shape index (κ2) is 1.64. The molecule has 0 aromatic rings. The van der Waals surface area contributed by atoms with E-state index in [9.17, 15) is 0 Å². The maximum Gasteiger partial charge on any atom is 0.176 e. The second-order valence-corrected chi connectivity index (χ2v) is 1.63. The third-order valence-corrected chi connectivity index (χ3v) is 1.05. The molecule has 2 nitrogen and oxygen atoms in total. The van der Waals surface area contributed by atoms with Gasteiger partial charge in [0.25, 0.3) is 0 Å². The van der Waals surface area contributed by atoms with Gasteiger partial charge in [-0.05, 0) is 12.0 Å². The van der Waals surface area contributed by atoms with Crippen molar-refractivity contribution < 1.29 is 9.84 Å². The van der Waals surface area contributed by atoms with Crippen molar-refractivity contribution in [3.63, 3.8) is 0 Å². The minimum atomic E-state index is -0.681. The smallest absolute Gasteiger partial charge is 0.176 e. The van der Waals surface area contributed by atoms with Crippen LogP contribution in [-0.2, 0) is 4.74 Å². The number of aliphatic hydroxyl groups is 1. The monoisotopic (exact) mass is 100 g/mol. The fourth-order valence-electron chi connectivity index (χ4n) is 0.543. The third kappa shape index (κ3) is 0.813. The van der Waals surface area contributed by atoms with Gasteiger partial charge in [0.2, 0.25) is 0 Å². The summed E-state index contributed by atoms with van der Waals surface area (Å²) in [7, 11) is 0. The maximum absolute atomic E-state index is 8.68. The first-order chi connectivity index (χ1) is 3.30. The molecule has 1 fully saturated rings. The van der Waals surface area contributed by atoms with Gasteiger partial charge >= 0.3 is 0 Å². The normalized spacial score (nSPS) is 31.6. The lowest BCUT2D eigenvalue weighted by Crippen LogP contribution is -2.02. The van der Waals surface area contributed by atoms with Crippen molar-refractivity contribution >= 4 is 0 Å². The van der Waals surface area contributed by atoms with E-state index in [0.717, 1.165) is 12.0 Å². The Bertz CT molecular complexity index is 88.1. The van der Waals surface area contributed by atoms with E-state index >= 15 is 0 Å². The molecular formula is C5H8O2. The molecule has 0 aliphatic carbocycles. The first kappa shape index (κ1) is 4.81. The zero-order valence-electron chi connectivity index (χ0n) is 4.05. The lowest BCUT2D eigenvalue weighted by atomic mass is 10.3. The molecule has 1 rings (SSSR count). The van der Waals surface area contributed by atoms with Crippen LogP contribution < -0.4 is 0 Å². The van der Waals surface area contributed by atoms with Crippen molar-refractivity contribution in [1.82, 2.24) is 0 Å². The molecule has 0 bridgehead atoms. The zero-order valence-corrected chi connectivity index (χ0v) is 4.05. The highest BCUT2D eigenvalue weighted by Gasteiger charge is 2.14. The molecule has 1 N–H and O–H groups in total. The van der Waals surface area contributed by atoms with Gasteiger partial charge < -0.3 is 9.84 Å². The molecule has 40 valence electrons. The summed E-state index contributed by atoms with van der Waals surface area (Å²) in [6.45, 7) is 4.19. The van der Waals surface area contributed by atoms with Crippen LogP contribution in [0.25, 0.3) is 0 Å². The molecule has 1 unspecified atom stereocenters. The quantitative estimate of drug-likeness (QED) is 0.443. The molecule has 1 atom stereocenters. The highest BCUT2D eigenvalue weighted by molar-refractivity contribution is 5.00.